The van der Waals surface area contributed by atoms with Crippen LogP contribution in [0.1, 0.15) is 51.4 Å². The smallest absolute Gasteiger partial charge is 0.258 e. The van der Waals surface area contributed by atoms with E-state index in [4.69, 9.17) is 9.47 Å². The number of carbonyl (C=O) groups is 4. The maximum Gasteiger partial charge on any atom is 0.258 e. The van der Waals surface area contributed by atoms with Crippen LogP contribution < -0.4 is 25.6 Å². The molecule has 2 aromatic carbocycles. The van der Waals surface area contributed by atoms with Crippen molar-refractivity contribution >= 4 is 51.4 Å². The van der Waals surface area contributed by atoms with E-state index in [0.717, 1.165) is 27.8 Å². The van der Waals surface area contributed by atoms with E-state index in [9.17, 15) is 28.7 Å². The fraction of sp³-hybridized carbons (Fsp3) is 0.450. The van der Waals surface area contributed by atoms with Gasteiger partial charge in [0.05, 0.1) is 53.7 Å². The Morgan fingerprint density at radius 1 is 1.03 bits per heavy atom. The normalized spacial score (nSPS) is 18.1. The SMILES string of the molecule is Cc1ncsc1-c1ccc([C@H](C)NC(=O)C2C[C@@H](O)CN2C(=O)[C@@H](NC(=O)CNC(=O)COc2c(-c3csc(N4CCOCC4)n3)ccc(F)c2F)C(C)(C)C)cc1. The molecule has 310 valence electrons. The van der Waals surface area contributed by atoms with Gasteiger partial charge in [-0.2, -0.15) is 4.39 Å². The number of hydrogen-bond donors (Lipinski definition) is 4. The molecule has 0 bridgehead atoms. The summed E-state index contributed by atoms with van der Waals surface area (Å²) in [4.78, 5) is 66.9. The molecule has 4 amide bonds. The monoisotopic (exact) mass is 839 g/mol. The number of benzene rings is 2. The number of thiazole rings is 2. The van der Waals surface area contributed by atoms with Gasteiger partial charge in [0.1, 0.15) is 12.1 Å². The summed E-state index contributed by atoms with van der Waals surface area (Å²) in [6.45, 7) is 9.91. The molecule has 58 heavy (non-hydrogen) atoms. The zero-order valence-electron chi connectivity index (χ0n) is 32.8. The predicted molar refractivity (Wildman–Crippen MR) is 215 cm³/mol. The van der Waals surface area contributed by atoms with Gasteiger partial charge in [-0.05, 0) is 42.5 Å². The molecule has 6 rings (SSSR count). The van der Waals surface area contributed by atoms with Crippen LogP contribution in [-0.2, 0) is 23.9 Å². The van der Waals surface area contributed by atoms with Gasteiger partial charge in [0.2, 0.25) is 23.5 Å². The van der Waals surface area contributed by atoms with Crippen molar-refractivity contribution in [1.82, 2.24) is 30.8 Å². The van der Waals surface area contributed by atoms with E-state index in [2.05, 4.69) is 25.9 Å². The molecular formula is C40H47F2N7O7S2. The molecule has 18 heteroatoms. The van der Waals surface area contributed by atoms with Crippen LogP contribution in [0.2, 0.25) is 0 Å². The molecule has 4 N–H and O–H groups in total. The Labute approximate surface area is 343 Å². The molecule has 2 aliphatic rings. The highest BCUT2D eigenvalue weighted by Crippen LogP contribution is 2.37. The quantitative estimate of drug-likeness (QED) is 0.153. The zero-order valence-corrected chi connectivity index (χ0v) is 34.5. The second-order valence-electron chi connectivity index (χ2n) is 15.3. The van der Waals surface area contributed by atoms with Crippen molar-refractivity contribution in [3.8, 4) is 27.4 Å². The first-order valence-corrected chi connectivity index (χ1v) is 20.6. The third kappa shape index (κ3) is 9.97. The maximum atomic E-state index is 15.0. The van der Waals surface area contributed by atoms with Gasteiger partial charge in [-0.15, -0.1) is 22.7 Å². The van der Waals surface area contributed by atoms with Crippen molar-refractivity contribution < 1.29 is 42.5 Å². The van der Waals surface area contributed by atoms with Crippen LogP contribution >= 0.6 is 22.7 Å². The molecule has 0 radical (unpaired) electrons. The lowest BCUT2D eigenvalue weighted by Crippen LogP contribution is -2.58. The van der Waals surface area contributed by atoms with Crippen LogP contribution in [0, 0.1) is 24.0 Å². The number of rotatable bonds is 13. The van der Waals surface area contributed by atoms with E-state index in [1.165, 1.54) is 22.3 Å². The van der Waals surface area contributed by atoms with Gasteiger partial charge in [0.25, 0.3) is 5.91 Å². The van der Waals surface area contributed by atoms with Crippen LogP contribution in [0.4, 0.5) is 13.9 Å². The highest BCUT2D eigenvalue weighted by molar-refractivity contribution is 7.14. The number of hydrogen-bond acceptors (Lipinski definition) is 12. The number of ether oxygens (including phenoxy) is 2. The lowest BCUT2D eigenvalue weighted by Gasteiger charge is -2.35. The molecule has 2 fully saturated rings. The van der Waals surface area contributed by atoms with E-state index < -0.39 is 83.8 Å². The number of aromatic nitrogens is 2. The summed E-state index contributed by atoms with van der Waals surface area (Å²) in [6, 6.07) is 7.49. The Morgan fingerprint density at radius 2 is 1.76 bits per heavy atom. The van der Waals surface area contributed by atoms with Crippen LogP contribution in [0.3, 0.4) is 0 Å². The molecule has 2 saturated heterocycles. The van der Waals surface area contributed by atoms with Gasteiger partial charge in [-0.1, -0.05) is 45.0 Å². The van der Waals surface area contributed by atoms with E-state index in [1.807, 2.05) is 43.0 Å². The number of nitrogens with zero attached hydrogens (tertiary/aromatic N) is 4. The molecule has 4 aromatic rings. The van der Waals surface area contributed by atoms with E-state index in [1.54, 1.807) is 43.0 Å². The molecule has 2 aliphatic heterocycles. The number of amides is 4. The number of nitrogens with one attached hydrogen (secondary N) is 3. The van der Waals surface area contributed by atoms with E-state index in [-0.39, 0.29) is 18.5 Å². The van der Waals surface area contributed by atoms with Gasteiger partial charge in [0, 0.05) is 37.0 Å². The first-order valence-electron chi connectivity index (χ1n) is 18.9. The van der Waals surface area contributed by atoms with Gasteiger partial charge in [-0.25, -0.2) is 14.4 Å². The van der Waals surface area contributed by atoms with E-state index in [0.29, 0.717) is 37.1 Å². The summed E-state index contributed by atoms with van der Waals surface area (Å²) in [5.74, 6) is -5.51. The Balaban J connectivity index is 1.04. The third-order valence-corrected chi connectivity index (χ3v) is 11.8. The van der Waals surface area contributed by atoms with Crippen LogP contribution in [-0.4, -0.2) is 108 Å². The topological polar surface area (TPSA) is 175 Å². The fourth-order valence-corrected chi connectivity index (χ4v) is 8.45. The molecule has 2 aromatic heterocycles. The second kappa shape index (κ2) is 18.3. The summed E-state index contributed by atoms with van der Waals surface area (Å²) in [7, 11) is 0. The Kier molecular flexibility index (Phi) is 13.4. The number of β-amino-alcohol motifs (C(OH)–C–C–N with tert-alkyl or cyclic N) is 1. The van der Waals surface area contributed by atoms with Gasteiger partial charge < -0.3 is 40.3 Å². The number of carbonyl (C=O) groups excluding carboxylic acids is 4. The first kappa shape index (κ1) is 42.6. The van der Waals surface area contributed by atoms with Crippen LogP contribution in [0.15, 0.2) is 47.3 Å². The lowest BCUT2D eigenvalue weighted by atomic mass is 9.85. The predicted octanol–water partition coefficient (Wildman–Crippen LogP) is 4.22. The van der Waals surface area contributed by atoms with Crippen molar-refractivity contribution in [1.29, 1.82) is 0 Å². The number of likely N-dealkylation sites (tertiary alicyclic amines) is 1. The first-order chi connectivity index (χ1) is 27.6. The molecular weight excluding hydrogens is 793 g/mol. The second-order valence-corrected chi connectivity index (χ2v) is 17.0. The average Bonchev–Trinajstić information content (AvgIpc) is 3.96. The Bertz CT molecular complexity index is 2120. The number of aryl methyl sites for hydroxylation is 1. The molecule has 14 nitrogen and oxygen atoms in total. The molecule has 0 spiro atoms. The third-order valence-electron chi connectivity index (χ3n) is 9.95. The largest absolute Gasteiger partial charge is 0.480 e. The number of anilines is 1. The minimum absolute atomic E-state index is 0.0138. The standard InChI is InChI=1S/C40H47F2N7O7S2/c1-22(24-6-8-25(9-7-24)35-23(2)44-21-58-35)45-37(53)30-16-26(50)18-49(30)38(54)36(40(3,4)5)47-31(51)17-43-32(52)19-56-34-27(10-11-28(41)33(34)42)29-20-57-39(46-29)48-12-14-55-15-13-48/h6-11,20-22,26,30,36,50H,12-19H2,1-5H3,(H,43,52)(H,45,53)(H,47,51)/t22-,26+,30?,36+/m0/s1. The number of halogens is 2. The summed E-state index contributed by atoms with van der Waals surface area (Å²) in [5, 5.41) is 21.0. The van der Waals surface area contributed by atoms with E-state index >= 15 is 4.39 Å². The number of aliphatic hydroxyl groups excluding tert-OH is 1. The highest BCUT2D eigenvalue weighted by atomic mass is 32.1. The molecule has 4 heterocycles. The summed E-state index contributed by atoms with van der Waals surface area (Å²) in [5.41, 5.74) is 4.23. The number of morpholine rings is 1. The lowest BCUT2D eigenvalue weighted by molar-refractivity contribution is -0.144. The van der Waals surface area contributed by atoms with Crippen molar-refractivity contribution in [3.63, 3.8) is 0 Å². The Morgan fingerprint density at radius 3 is 2.43 bits per heavy atom. The van der Waals surface area contributed by atoms with Crippen molar-refractivity contribution in [3.05, 3.63) is 70.2 Å². The minimum Gasteiger partial charge on any atom is -0.480 e. The van der Waals surface area contributed by atoms with Gasteiger partial charge >= 0.3 is 0 Å². The minimum atomic E-state index is -1.29. The average molecular weight is 840 g/mol. The zero-order chi connectivity index (χ0) is 41.7. The summed E-state index contributed by atoms with van der Waals surface area (Å²) < 4.78 is 40.2. The van der Waals surface area contributed by atoms with Crippen molar-refractivity contribution in [2.45, 2.75) is 65.3 Å². The van der Waals surface area contributed by atoms with Gasteiger partial charge in [0.15, 0.2) is 23.3 Å². The van der Waals surface area contributed by atoms with Crippen molar-refractivity contribution in [2.75, 3.05) is 50.9 Å². The number of aliphatic hydroxyl groups is 1. The van der Waals surface area contributed by atoms with Crippen molar-refractivity contribution in [2.24, 2.45) is 5.41 Å². The van der Waals surface area contributed by atoms with Crippen LogP contribution in [0.5, 0.6) is 5.75 Å². The Hall–Kier alpha value is -5.04. The molecule has 1 unspecified atom stereocenters. The molecule has 0 aliphatic carbocycles. The molecule has 4 atom stereocenters. The van der Waals surface area contributed by atoms with Crippen LogP contribution in [0.25, 0.3) is 21.7 Å². The fourth-order valence-electron chi connectivity index (χ4n) is 6.76. The summed E-state index contributed by atoms with van der Waals surface area (Å²) in [6.07, 6.45) is -0.946. The van der Waals surface area contributed by atoms with Gasteiger partial charge in [-0.3, -0.25) is 19.2 Å². The summed E-state index contributed by atoms with van der Waals surface area (Å²) >= 11 is 2.87. The highest BCUT2D eigenvalue weighted by Gasteiger charge is 2.44. The maximum absolute atomic E-state index is 15.0. The molecule has 0 saturated carbocycles.